The third kappa shape index (κ3) is 3.36. The van der Waals surface area contributed by atoms with Crippen molar-refractivity contribution in [3.63, 3.8) is 0 Å². The van der Waals surface area contributed by atoms with Gasteiger partial charge in [-0.1, -0.05) is 34.8 Å². The predicted molar refractivity (Wildman–Crippen MR) is 48.7 cm³/mol. The molecular formula is C6H2Cl3NaO2S. The Hall–Kier alpha value is 1.20. The molecule has 0 aliphatic heterocycles. The largest absolute Gasteiger partial charge is 1.00 e. The molecule has 2 nitrogen and oxygen atoms in total. The van der Waals surface area contributed by atoms with Crippen LogP contribution in [0.25, 0.3) is 0 Å². The molecule has 1 atom stereocenters. The molecule has 0 saturated carbocycles. The van der Waals surface area contributed by atoms with Crippen molar-refractivity contribution in [2.75, 3.05) is 0 Å². The number of rotatable bonds is 1. The molecule has 7 heteroatoms. The molecule has 1 unspecified atom stereocenters. The van der Waals surface area contributed by atoms with Crippen LogP contribution in [0.4, 0.5) is 0 Å². The smallest absolute Gasteiger partial charge is 0.768 e. The van der Waals surface area contributed by atoms with Gasteiger partial charge < -0.3 is 4.55 Å². The van der Waals surface area contributed by atoms with E-state index in [2.05, 4.69) is 0 Å². The average molecular weight is 267 g/mol. The molecule has 0 aromatic heterocycles. The van der Waals surface area contributed by atoms with Gasteiger partial charge in [-0.15, -0.1) is 0 Å². The molecule has 0 bridgehead atoms. The topological polar surface area (TPSA) is 40.1 Å². The number of hydrogen-bond acceptors (Lipinski definition) is 2. The van der Waals surface area contributed by atoms with Crippen LogP contribution in [0.3, 0.4) is 0 Å². The maximum Gasteiger partial charge on any atom is 1.00 e. The Morgan fingerprint density at radius 3 is 2.15 bits per heavy atom. The van der Waals surface area contributed by atoms with Crippen LogP contribution < -0.4 is 29.6 Å². The summed E-state index contributed by atoms with van der Waals surface area (Å²) in [6.07, 6.45) is 0. The van der Waals surface area contributed by atoms with Gasteiger partial charge in [0.05, 0.1) is 15.1 Å². The van der Waals surface area contributed by atoms with E-state index in [0.29, 0.717) is 0 Å². The minimum atomic E-state index is -2.38. The summed E-state index contributed by atoms with van der Waals surface area (Å²) < 4.78 is 21.0. The van der Waals surface area contributed by atoms with Crippen LogP contribution in [0.15, 0.2) is 17.0 Å². The van der Waals surface area contributed by atoms with Gasteiger partial charge in [-0.3, -0.25) is 4.21 Å². The quantitative estimate of drug-likeness (QED) is 0.405. The molecule has 1 rings (SSSR count). The molecule has 1 aromatic rings. The Labute approximate surface area is 115 Å². The second-order valence-electron chi connectivity index (χ2n) is 1.91. The van der Waals surface area contributed by atoms with Crippen LogP contribution in [0.5, 0.6) is 0 Å². The van der Waals surface area contributed by atoms with Gasteiger partial charge in [0.2, 0.25) is 0 Å². The SMILES string of the molecule is O=S([O-])c1ccc(Cl)c(Cl)c1Cl.[Na+]. The molecule has 13 heavy (non-hydrogen) atoms. The zero-order chi connectivity index (χ0) is 9.30. The summed E-state index contributed by atoms with van der Waals surface area (Å²) in [5, 5.41) is 0.244. The number of benzene rings is 1. The third-order valence-corrected chi connectivity index (χ3v) is 3.28. The first kappa shape index (κ1) is 14.2. The van der Waals surface area contributed by atoms with Crippen molar-refractivity contribution in [2.45, 2.75) is 4.90 Å². The maximum atomic E-state index is 10.5. The van der Waals surface area contributed by atoms with E-state index in [-0.39, 0.29) is 49.5 Å². The van der Waals surface area contributed by atoms with Crippen LogP contribution in [0.2, 0.25) is 15.1 Å². The molecule has 1 aromatic carbocycles. The Morgan fingerprint density at radius 1 is 1.15 bits per heavy atom. The fraction of sp³-hybridized carbons (Fsp3) is 0. The van der Waals surface area contributed by atoms with Crippen LogP contribution in [0.1, 0.15) is 0 Å². The molecule has 0 N–H and O–H groups in total. The molecule has 0 amide bonds. The Balaban J connectivity index is 0.00000144. The van der Waals surface area contributed by atoms with Crippen molar-refractivity contribution < 1.29 is 38.3 Å². The molecule has 0 radical (unpaired) electrons. The molecule has 0 spiro atoms. The molecule has 0 heterocycles. The first-order chi connectivity index (χ1) is 5.54. The van der Waals surface area contributed by atoms with E-state index in [0.717, 1.165) is 0 Å². The van der Waals surface area contributed by atoms with Gasteiger partial charge in [-0.25, -0.2) is 0 Å². The fourth-order valence-electron chi connectivity index (χ4n) is 0.637. The van der Waals surface area contributed by atoms with Crippen molar-refractivity contribution in [3.05, 3.63) is 27.2 Å². The van der Waals surface area contributed by atoms with Crippen molar-refractivity contribution in [3.8, 4) is 0 Å². The Morgan fingerprint density at radius 2 is 1.69 bits per heavy atom. The van der Waals surface area contributed by atoms with Gasteiger partial charge in [-0.05, 0) is 23.2 Å². The van der Waals surface area contributed by atoms with E-state index in [1.54, 1.807) is 0 Å². The van der Waals surface area contributed by atoms with E-state index in [1.165, 1.54) is 12.1 Å². The molecule has 0 aliphatic carbocycles. The van der Waals surface area contributed by atoms with Gasteiger partial charge in [0.15, 0.2) is 0 Å². The van der Waals surface area contributed by atoms with Gasteiger partial charge in [0, 0.05) is 4.90 Å². The number of halogens is 3. The van der Waals surface area contributed by atoms with Crippen LogP contribution in [0, 0.1) is 0 Å². The molecular weight excluding hydrogens is 265 g/mol. The minimum absolute atomic E-state index is 0. The van der Waals surface area contributed by atoms with Crippen molar-refractivity contribution in [2.24, 2.45) is 0 Å². The zero-order valence-electron chi connectivity index (χ0n) is 6.51. The second kappa shape index (κ2) is 5.93. The summed E-state index contributed by atoms with van der Waals surface area (Å²) in [5.41, 5.74) is 0. The van der Waals surface area contributed by atoms with Crippen LogP contribution in [-0.2, 0) is 11.1 Å². The van der Waals surface area contributed by atoms with Gasteiger partial charge >= 0.3 is 29.6 Å². The van der Waals surface area contributed by atoms with Crippen molar-refractivity contribution >= 4 is 45.9 Å². The predicted octanol–water partition coefficient (Wildman–Crippen LogP) is -0.111. The third-order valence-electron chi connectivity index (χ3n) is 1.18. The summed E-state index contributed by atoms with van der Waals surface area (Å²) >= 11 is 14.4. The molecule has 0 fully saturated rings. The van der Waals surface area contributed by atoms with Crippen molar-refractivity contribution in [1.29, 1.82) is 0 Å². The van der Waals surface area contributed by atoms with Crippen LogP contribution >= 0.6 is 34.8 Å². The summed E-state index contributed by atoms with van der Waals surface area (Å²) in [4.78, 5) is -0.0499. The van der Waals surface area contributed by atoms with Gasteiger partial charge in [0.1, 0.15) is 0 Å². The zero-order valence-corrected chi connectivity index (χ0v) is 11.6. The van der Waals surface area contributed by atoms with E-state index in [1.807, 2.05) is 0 Å². The minimum Gasteiger partial charge on any atom is -0.768 e. The van der Waals surface area contributed by atoms with Crippen molar-refractivity contribution in [1.82, 2.24) is 0 Å². The van der Waals surface area contributed by atoms with E-state index < -0.39 is 11.1 Å². The maximum absolute atomic E-state index is 10.5. The van der Waals surface area contributed by atoms with Crippen LogP contribution in [-0.4, -0.2) is 8.76 Å². The standard InChI is InChI=1S/C6H3Cl3O2S.Na/c7-3-1-2-4(12(10)11)6(9)5(3)8;/h1-2H,(H,10,11);/q;+1/p-1. The fourth-order valence-corrected chi connectivity index (χ4v) is 1.84. The van der Waals surface area contributed by atoms with E-state index in [4.69, 9.17) is 34.8 Å². The Kier molecular flexibility index (Phi) is 6.48. The van der Waals surface area contributed by atoms with Gasteiger partial charge in [0.25, 0.3) is 0 Å². The summed E-state index contributed by atoms with van der Waals surface area (Å²) in [7, 11) is 0. The monoisotopic (exact) mass is 266 g/mol. The molecule has 66 valence electrons. The Bertz CT molecular complexity index is 345. The molecule has 0 saturated heterocycles. The average Bonchev–Trinajstić information content (AvgIpc) is 2.00. The van der Waals surface area contributed by atoms with Gasteiger partial charge in [-0.2, -0.15) is 0 Å². The molecule has 0 aliphatic rings. The first-order valence-electron chi connectivity index (χ1n) is 2.77. The van der Waals surface area contributed by atoms with E-state index in [9.17, 15) is 8.76 Å². The first-order valence-corrected chi connectivity index (χ1v) is 4.97. The normalized spacial score (nSPS) is 12.0. The summed E-state index contributed by atoms with van der Waals surface area (Å²) in [6, 6.07) is 2.67. The number of hydrogen-bond donors (Lipinski definition) is 0. The summed E-state index contributed by atoms with van der Waals surface area (Å²) in [5.74, 6) is 0. The second-order valence-corrected chi connectivity index (χ2v) is 3.98. The summed E-state index contributed by atoms with van der Waals surface area (Å²) in [6.45, 7) is 0. The van der Waals surface area contributed by atoms with E-state index >= 15 is 0 Å².